The SMILES string of the molecule is C[C@@]1(O)CCN(C(=O)C2CCC2)[C@@H](c2cccs2)[C@@H]1NC(=O)c1ccccc1. The molecule has 2 aromatic rings. The van der Waals surface area contributed by atoms with Crippen LogP contribution >= 0.6 is 11.3 Å². The molecule has 1 saturated carbocycles. The zero-order chi connectivity index (χ0) is 19.7. The summed E-state index contributed by atoms with van der Waals surface area (Å²) in [4.78, 5) is 28.9. The molecule has 1 aromatic carbocycles. The quantitative estimate of drug-likeness (QED) is 0.830. The van der Waals surface area contributed by atoms with Gasteiger partial charge in [-0.1, -0.05) is 30.7 Å². The van der Waals surface area contributed by atoms with E-state index in [4.69, 9.17) is 0 Å². The van der Waals surface area contributed by atoms with Gasteiger partial charge >= 0.3 is 0 Å². The first-order chi connectivity index (χ1) is 13.5. The van der Waals surface area contributed by atoms with Crippen LogP contribution in [0.3, 0.4) is 0 Å². The molecule has 0 bridgehead atoms. The van der Waals surface area contributed by atoms with Crippen molar-refractivity contribution in [1.82, 2.24) is 10.2 Å². The molecule has 1 aliphatic carbocycles. The summed E-state index contributed by atoms with van der Waals surface area (Å²) in [5.74, 6) is 0.000436. The molecule has 1 aliphatic heterocycles. The first-order valence-electron chi connectivity index (χ1n) is 9.89. The molecule has 4 rings (SSSR count). The number of amides is 2. The smallest absolute Gasteiger partial charge is 0.251 e. The molecule has 2 aliphatic rings. The fourth-order valence-electron chi connectivity index (χ4n) is 4.12. The fourth-order valence-corrected chi connectivity index (χ4v) is 5.00. The summed E-state index contributed by atoms with van der Waals surface area (Å²) in [5.41, 5.74) is -0.555. The zero-order valence-electron chi connectivity index (χ0n) is 16.0. The van der Waals surface area contributed by atoms with E-state index in [0.29, 0.717) is 18.5 Å². The van der Waals surface area contributed by atoms with Gasteiger partial charge in [-0.2, -0.15) is 0 Å². The van der Waals surface area contributed by atoms with Gasteiger partial charge in [-0.05, 0) is 49.8 Å². The van der Waals surface area contributed by atoms with Crippen LogP contribution in [-0.2, 0) is 4.79 Å². The van der Waals surface area contributed by atoms with Gasteiger partial charge in [0.05, 0.1) is 17.7 Å². The summed E-state index contributed by atoms with van der Waals surface area (Å²) >= 11 is 1.56. The minimum Gasteiger partial charge on any atom is -0.388 e. The molecule has 1 saturated heterocycles. The van der Waals surface area contributed by atoms with E-state index >= 15 is 0 Å². The first kappa shape index (κ1) is 19.2. The number of hydrogen-bond donors (Lipinski definition) is 2. The molecule has 3 atom stereocenters. The lowest BCUT2D eigenvalue weighted by Crippen LogP contribution is -2.64. The second kappa shape index (κ2) is 7.68. The molecule has 1 aromatic heterocycles. The molecule has 5 nitrogen and oxygen atoms in total. The van der Waals surface area contributed by atoms with Gasteiger partial charge in [0.25, 0.3) is 5.91 Å². The minimum absolute atomic E-state index is 0.0796. The van der Waals surface area contributed by atoms with Crippen LogP contribution in [0.25, 0.3) is 0 Å². The van der Waals surface area contributed by atoms with Crippen LogP contribution in [0.1, 0.15) is 53.9 Å². The number of nitrogens with one attached hydrogen (secondary N) is 1. The Morgan fingerprint density at radius 2 is 1.93 bits per heavy atom. The molecule has 148 valence electrons. The van der Waals surface area contributed by atoms with Crippen molar-refractivity contribution in [3.8, 4) is 0 Å². The van der Waals surface area contributed by atoms with Crippen molar-refractivity contribution >= 4 is 23.2 Å². The van der Waals surface area contributed by atoms with Crippen LogP contribution in [0.5, 0.6) is 0 Å². The lowest BCUT2D eigenvalue weighted by molar-refractivity contribution is -0.149. The van der Waals surface area contributed by atoms with Crippen molar-refractivity contribution < 1.29 is 14.7 Å². The summed E-state index contributed by atoms with van der Waals surface area (Å²) in [7, 11) is 0. The summed E-state index contributed by atoms with van der Waals surface area (Å²) in [6.45, 7) is 2.26. The van der Waals surface area contributed by atoms with Crippen LogP contribution < -0.4 is 5.32 Å². The Kier molecular flexibility index (Phi) is 5.25. The number of likely N-dealkylation sites (tertiary alicyclic amines) is 1. The number of hydrogen-bond acceptors (Lipinski definition) is 4. The Labute approximate surface area is 169 Å². The molecular formula is C22H26N2O3S. The molecule has 2 heterocycles. The van der Waals surface area contributed by atoms with E-state index in [1.165, 1.54) is 0 Å². The lowest BCUT2D eigenvalue weighted by atomic mass is 9.78. The van der Waals surface area contributed by atoms with Crippen LogP contribution in [0, 0.1) is 5.92 Å². The van der Waals surface area contributed by atoms with Gasteiger partial charge in [-0.25, -0.2) is 0 Å². The number of aliphatic hydroxyl groups is 1. The third kappa shape index (κ3) is 3.59. The van der Waals surface area contributed by atoms with E-state index in [1.54, 1.807) is 30.4 Å². The Morgan fingerprint density at radius 1 is 1.18 bits per heavy atom. The van der Waals surface area contributed by atoms with Crippen molar-refractivity contribution in [3.63, 3.8) is 0 Å². The number of rotatable bonds is 4. The topological polar surface area (TPSA) is 69.6 Å². The molecule has 2 amide bonds. The Morgan fingerprint density at radius 3 is 2.54 bits per heavy atom. The molecule has 0 spiro atoms. The Hall–Kier alpha value is -2.18. The maximum Gasteiger partial charge on any atom is 0.251 e. The van der Waals surface area contributed by atoms with Gasteiger partial charge in [0.2, 0.25) is 5.91 Å². The average Bonchev–Trinajstić information content (AvgIpc) is 3.16. The molecule has 2 N–H and O–H groups in total. The van der Waals surface area contributed by atoms with Gasteiger partial charge in [0, 0.05) is 22.9 Å². The van der Waals surface area contributed by atoms with Crippen LogP contribution in [-0.4, -0.2) is 40.0 Å². The Bertz CT molecular complexity index is 831. The molecule has 6 heteroatoms. The fraction of sp³-hybridized carbons (Fsp3) is 0.455. The van der Waals surface area contributed by atoms with Crippen LogP contribution in [0.4, 0.5) is 0 Å². The highest BCUT2D eigenvalue weighted by Gasteiger charge is 2.49. The number of carbonyl (C=O) groups is 2. The summed E-state index contributed by atoms with van der Waals surface area (Å²) in [6.07, 6.45) is 3.40. The zero-order valence-corrected chi connectivity index (χ0v) is 16.8. The van der Waals surface area contributed by atoms with Crippen molar-refractivity contribution in [2.75, 3.05) is 6.54 Å². The van der Waals surface area contributed by atoms with Gasteiger partial charge in [-0.3, -0.25) is 9.59 Å². The average molecular weight is 399 g/mol. The number of nitrogens with zero attached hydrogens (tertiary/aromatic N) is 1. The standard InChI is InChI=1S/C22H26N2O3S/c1-22(27)12-13-24(21(26)16-9-5-10-16)18(17-11-6-14-28-17)19(22)23-20(25)15-7-3-2-4-8-15/h2-4,6-8,11,14,16,18-19,27H,5,9-10,12-13H2,1H3,(H,23,25)/t18-,19-,22+/m0/s1. The number of thiophene rings is 1. The van der Waals surface area contributed by atoms with Gasteiger partial charge in [0.1, 0.15) is 0 Å². The third-order valence-electron chi connectivity index (χ3n) is 6.08. The van der Waals surface area contributed by atoms with Crippen LogP contribution in [0.2, 0.25) is 0 Å². The van der Waals surface area contributed by atoms with E-state index < -0.39 is 11.6 Å². The largest absolute Gasteiger partial charge is 0.388 e. The van der Waals surface area contributed by atoms with E-state index in [-0.39, 0.29) is 23.8 Å². The van der Waals surface area contributed by atoms with Gasteiger partial charge in [0.15, 0.2) is 0 Å². The normalized spacial score (nSPS) is 27.9. The van der Waals surface area contributed by atoms with Crippen molar-refractivity contribution in [1.29, 1.82) is 0 Å². The van der Waals surface area contributed by atoms with Crippen molar-refractivity contribution in [3.05, 3.63) is 58.3 Å². The maximum absolute atomic E-state index is 13.1. The predicted molar refractivity (Wildman–Crippen MR) is 109 cm³/mol. The molecule has 28 heavy (non-hydrogen) atoms. The summed E-state index contributed by atoms with van der Waals surface area (Å²) in [5, 5.41) is 16.2. The lowest BCUT2D eigenvalue weighted by Gasteiger charge is -2.50. The number of piperidine rings is 1. The van der Waals surface area contributed by atoms with E-state index in [9.17, 15) is 14.7 Å². The molecular weight excluding hydrogens is 372 g/mol. The van der Waals surface area contributed by atoms with Gasteiger partial charge in [-0.15, -0.1) is 11.3 Å². The highest BCUT2D eigenvalue weighted by molar-refractivity contribution is 7.10. The van der Waals surface area contributed by atoms with Gasteiger partial charge < -0.3 is 15.3 Å². The highest BCUT2D eigenvalue weighted by atomic mass is 32.1. The molecule has 2 fully saturated rings. The predicted octanol–water partition coefficient (Wildman–Crippen LogP) is 3.37. The van der Waals surface area contributed by atoms with E-state index in [1.807, 2.05) is 40.6 Å². The number of benzene rings is 1. The second-order valence-corrected chi connectivity index (χ2v) is 9.02. The van der Waals surface area contributed by atoms with Crippen molar-refractivity contribution in [2.45, 2.75) is 50.3 Å². The maximum atomic E-state index is 13.1. The Balaban J connectivity index is 1.66. The summed E-state index contributed by atoms with van der Waals surface area (Å²) in [6, 6.07) is 12.0. The molecule has 0 radical (unpaired) electrons. The summed E-state index contributed by atoms with van der Waals surface area (Å²) < 4.78 is 0. The third-order valence-corrected chi connectivity index (χ3v) is 7.02. The van der Waals surface area contributed by atoms with E-state index in [2.05, 4.69) is 5.32 Å². The monoisotopic (exact) mass is 398 g/mol. The minimum atomic E-state index is -1.10. The van der Waals surface area contributed by atoms with E-state index in [0.717, 1.165) is 24.1 Å². The first-order valence-corrected chi connectivity index (χ1v) is 10.8. The highest BCUT2D eigenvalue weighted by Crippen LogP contribution is 2.41. The number of carbonyl (C=O) groups excluding carboxylic acids is 2. The molecule has 0 unspecified atom stereocenters. The van der Waals surface area contributed by atoms with Crippen molar-refractivity contribution in [2.24, 2.45) is 5.92 Å². The van der Waals surface area contributed by atoms with Crippen LogP contribution in [0.15, 0.2) is 47.8 Å². The second-order valence-electron chi connectivity index (χ2n) is 8.04.